The van der Waals surface area contributed by atoms with E-state index in [2.05, 4.69) is 12.2 Å². The van der Waals surface area contributed by atoms with Crippen LogP contribution in [-0.2, 0) is 13.6 Å². The minimum absolute atomic E-state index is 0.437. The maximum Gasteiger partial charge on any atom is 0.316 e. The molecule has 0 saturated heterocycles. The molecule has 0 saturated carbocycles. The van der Waals surface area contributed by atoms with Gasteiger partial charge in [-0.05, 0) is 26.3 Å². The maximum atomic E-state index is 11.6. The highest BCUT2D eigenvalue weighted by Gasteiger charge is 2.05. The van der Waals surface area contributed by atoms with Gasteiger partial charge in [-0.2, -0.15) is 0 Å². The first-order valence-corrected chi connectivity index (χ1v) is 6.03. The van der Waals surface area contributed by atoms with Gasteiger partial charge in [0.15, 0.2) is 0 Å². The van der Waals surface area contributed by atoms with E-state index in [0.29, 0.717) is 12.6 Å². The summed E-state index contributed by atoms with van der Waals surface area (Å²) in [4.78, 5) is 23.0. The topological polar surface area (TPSA) is 56.0 Å². The van der Waals surface area contributed by atoms with E-state index in [0.717, 1.165) is 19.3 Å². The van der Waals surface area contributed by atoms with Gasteiger partial charge in [0.25, 0.3) is 0 Å². The molecule has 5 heteroatoms. The predicted octanol–water partition coefficient (Wildman–Crippen LogP) is 0.325. The third-order valence-corrected chi connectivity index (χ3v) is 3.09. The fraction of sp³-hybridized carbons (Fsp3) is 0.667. The Hall–Kier alpha value is -1.36. The van der Waals surface area contributed by atoms with Crippen molar-refractivity contribution in [2.45, 2.75) is 38.8 Å². The first kappa shape index (κ1) is 13.7. The number of hydrogen-bond donors (Lipinski definition) is 1. The van der Waals surface area contributed by atoms with Crippen LogP contribution in [0.2, 0.25) is 0 Å². The maximum absolute atomic E-state index is 11.6. The van der Waals surface area contributed by atoms with Crippen molar-refractivity contribution in [1.82, 2.24) is 14.5 Å². The molecule has 5 nitrogen and oxygen atoms in total. The molecule has 1 rings (SSSR count). The van der Waals surface area contributed by atoms with Gasteiger partial charge in [-0.15, -0.1) is 0 Å². The molecule has 1 atom stereocenters. The summed E-state index contributed by atoms with van der Waals surface area (Å²) in [6.07, 6.45) is 6.27. The van der Waals surface area contributed by atoms with Crippen molar-refractivity contribution in [3.8, 4) is 0 Å². The highest BCUT2D eigenvalue weighted by atomic mass is 16.2. The first-order chi connectivity index (χ1) is 8.10. The molecule has 1 aromatic rings. The lowest BCUT2D eigenvalue weighted by Crippen LogP contribution is -2.39. The molecule has 0 aliphatic carbocycles. The summed E-state index contributed by atoms with van der Waals surface area (Å²) in [6, 6.07) is 0.484. The number of aryl methyl sites for hydroxylation is 2. The van der Waals surface area contributed by atoms with E-state index in [4.69, 9.17) is 0 Å². The van der Waals surface area contributed by atoms with E-state index in [9.17, 15) is 9.59 Å². The van der Waals surface area contributed by atoms with Crippen molar-refractivity contribution in [1.29, 1.82) is 0 Å². The second kappa shape index (κ2) is 6.39. The number of nitrogens with zero attached hydrogens (tertiary/aromatic N) is 2. The third-order valence-electron chi connectivity index (χ3n) is 3.09. The monoisotopic (exact) mass is 239 g/mol. The Morgan fingerprint density at radius 1 is 1.29 bits per heavy atom. The Balaban J connectivity index is 2.62. The molecule has 1 aromatic heterocycles. The van der Waals surface area contributed by atoms with Gasteiger partial charge in [0.05, 0.1) is 0 Å². The zero-order chi connectivity index (χ0) is 12.8. The molecular weight excluding hydrogens is 218 g/mol. The summed E-state index contributed by atoms with van der Waals surface area (Å²) in [5.41, 5.74) is -0.902. The fourth-order valence-electron chi connectivity index (χ4n) is 1.83. The lowest BCUT2D eigenvalue weighted by molar-refractivity contribution is 0.463. The molecule has 17 heavy (non-hydrogen) atoms. The Kier molecular flexibility index (Phi) is 5.15. The molecular formula is C12H21N3O2. The normalized spacial score (nSPS) is 12.6. The molecule has 1 unspecified atom stereocenters. The summed E-state index contributed by atoms with van der Waals surface area (Å²) in [6.45, 7) is 2.73. The smallest absolute Gasteiger partial charge is 0.316 e. The van der Waals surface area contributed by atoms with Crippen molar-refractivity contribution in [3.63, 3.8) is 0 Å². The number of aromatic nitrogens is 2. The lowest BCUT2D eigenvalue weighted by atomic mass is 10.1. The average Bonchev–Trinajstić information content (AvgIpc) is 2.34. The number of rotatable bonds is 6. The van der Waals surface area contributed by atoms with E-state index in [1.165, 1.54) is 9.13 Å². The van der Waals surface area contributed by atoms with E-state index >= 15 is 0 Å². The summed E-state index contributed by atoms with van der Waals surface area (Å²) in [5.74, 6) is 0. The fourth-order valence-corrected chi connectivity index (χ4v) is 1.83. The van der Waals surface area contributed by atoms with Crippen LogP contribution in [0.4, 0.5) is 0 Å². The second-order valence-corrected chi connectivity index (χ2v) is 4.25. The van der Waals surface area contributed by atoms with Gasteiger partial charge in [0.2, 0.25) is 0 Å². The van der Waals surface area contributed by atoms with E-state index in [1.807, 2.05) is 7.05 Å². The van der Waals surface area contributed by atoms with E-state index < -0.39 is 11.1 Å². The predicted molar refractivity (Wildman–Crippen MR) is 68.3 cm³/mol. The molecule has 0 spiro atoms. The highest BCUT2D eigenvalue weighted by molar-refractivity contribution is 4.84. The Morgan fingerprint density at radius 2 is 2.00 bits per heavy atom. The van der Waals surface area contributed by atoms with Crippen LogP contribution >= 0.6 is 0 Å². The molecule has 1 N–H and O–H groups in total. The van der Waals surface area contributed by atoms with Gasteiger partial charge in [-0.25, -0.2) is 0 Å². The molecule has 0 bridgehead atoms. The Labute approximate surface area is 101 Å². The van der Waals surface area contributed by atoms with Crippen LogP contribution in [-0.4, -0.2) is 22.2 Å². The number of nitrogens with one attached hydrogen (secondary N) is 1. The van der Waals surface area contributed by atoms with Crippen molar-refractivity contribution in [3.05, 3.63) is 33.1 Å². The molecule has 1 heterocycles. The van der Waals surface area contributed by atoms with Gasteiger partial charge in [0.1, 0.15) is 0 Å². The zero-order valence-electron chi connectivity index (χ0n) is 10.8. The van der Waals surface area contributed by atoms with E-state index in [-0.39, 0.29) is 0 Å². The van der Waals surface area contributed by atoms with Gasteiger partial charge >= 0.3 is 11.1 Å². The van der Waals surface area contributed by atoms with Crippen LogP contribution < -0.4 is 16.4 Å². The van der Waals surface area contributed by atoms with Crippen LogP contribution in [0.1, 0.15) is 26.2 Å². The molecule has 0 fully saturated rings. The van der Waals surface area contributed by atoms with Gasteiger partial charge in [-0.3, -0.25) is 9.59 Å². The second-order valence-electron chi connectivity index (χ2n) is 4.25. The highest BCUT2D eigenvalue weighted by Crippen LogP contribution is 2.01. The largest absolute Gasteiger partial charge is 0.317 e. The minimum Gasteiger partial charge on any atom is -0.317 e. The summed E-state index contributed by atoms with van der Waals surface area (Å²) in [7, 11) is 3.53. The molecule has 0 aromatic carbocycles. The quantitative estimate of drug-likeness (QED) is 0.728. The molecule has 96 valence electrons. The van der Waals surface area contributed by atoms with Crippen LogP contribution in [0.25, 0.3) is 0 Å². The average molecular weight is 239 g/mol. The van der Waals surface area contributed by atoms with Crippen LogP contribution in [0.5, 0.6) is 0 Å². The van der Waals surface area contributed by atoms with Crippen molar-refractivity contribution in [2.24, 2.45) is 7.05 Å². The van der Waals surface area contributed by atoms with E-state index in [1.54, 1.807) is 19.4 Å². The van der Waals surface area contributed by atoms with Crippen molar-refractivity contribution < 1.29 is 0 Å². The summed E-state index contributed by atoms with van der Waals surface area (Å²) in [5, 5.41) is 3.22. The SMILES string of the molecule is CCC(CCCn1ccn(C)c(=O)c1=O)NC. The summed E-state index contributed by atoms with van der Waals surface area (Å²) >= 11 is 0. The first-order valence-electron chi connectivity index (χ1n) is 6.03. The number of hydrogen-bond acceptors (Lipinski definition) is 3. The molecule has 0 aliphatic rings. The lowest BCUT2D eigenvalue weighted by Gasteiger charge is -2.13. The standard InChI is InChI=1S/C12H21N3O2/c1-4-10(13-2)6-5-7-15-9-8-14(3)11(16)12(15)17/h8-10,13H,4-7H2,1-3H3. The minimum atomic E-state index is -0.465. The zero-order valence-corrected chi connectivity index (χ0v) is 10.8. The third kappa shape index (κ3) is 3.56. The van der Waals surface area contributed by atoms with Crippen LogP contribution in [0.15, 0.2) is 22.0 Å². The Morgan fingerprint density at radius 3 is 2.59 bits per heavy atom. The van der Waals surface area contributed by atoms with Crippen LogP contribution in [0.3, 0.4) is 0 Å². The molecule has 0 amide bonds. The van der Waals surface area contributed by atoms with Gasteiger partial charge < -0.3 is 14.5 Å². The molecule has 0 aliphatic heterocycles. The van der Waals surface area contributed by atoms with Crippen molar-refractivity contribution in [2.75, 3.05) is 7.05 Å². The summed E-state index contributed by atoms with van der Waals surface area (Å²) < 4.78 is 2.80. The van der Waals surface area contributed by atoms with Crippen LogP contribution in [0, 0.1) is 0 Å². The van der Waals surface area contributed by atoms with Crippen molar-refractivity contribution >= 4 is 0 Å². The van der Waals surface area contributed by atoms with Gasteiger partial charge in [-0.1, -0.05) is 6.92 Å². The van der Waals surface area contributed by atoms with Gasteiger partial charge in [0, 0.05) is 32.0 Å². The molecule has 0 radical (unpaired) electrons. The Bertz CT molecular complexity index is 458.